The third-order valence-electron chi connectivity index (χ3n) is 3.84. The van der Waals surface area contributed by atoms with Gasteiger partial charge in [-0.3, -0.25) is 0 Å². The first-order valence-corrected chi connectivity index (χ1v) is 8.72. The molecule has 6 nitrogen and oxygen atoms in total. The highest BCUT2D eigenvalue weighted by atomic mass is 32.2. The Morgan fingerprint density at radius 1 is 1.05 bits per heavy atom. The Morgan fingerprint density at radius 2 is 1.65 bits per heavy atom. The summed E-state index contributed by atoms with van der Waals surface area (Å²) in [6.07, 6.45) is -0.139. The van der Waals surface area contributed by atoms with Crippen LogP contribution < -0.4 is 0 Å². The zero-order valence-corrected chi connectivity index (χ0v) is 13.6. The molecular weight excluding hydrogens is 280 g/mol. The van der Waals surface area contributed by atoms with Crippen LogP contribution in [0.2, 0.25) is 0 Å². The van der Waals surface area contributed by atoms with Gasteiger partial charge < -0.3 is 9.47 Å². The first-order valence-electron chi connectivity index (χ1n) is 7.33. The topological polar surface area (TPSA) is 59.1 Å². The predicted octanol–water partition coefficient (Wildman–Crippen LogP) is 0.697. The lowest BCUT2D eigenvalue weighted by molar-refractivity contribution is -0.0508. The molecule has 7 heteroatoms. The monoisotopic (exact) mass is 306 g/mol. The van der Waals surface area contributed by atoms with Gasteiger partial charge in [0.15, 0.2) is 0 Å². The first-order chi connectivity index (χ1) is 9.30. The van der Waals surface area contributed by atoms with E-state index in [1.165, 1.54) is 0 Å². The molecule has 0 unspecified atom stereocenters. The van der Waals surface area contributed by atoms with Crippen molar-refractivity contribution in [1.29, 1.82) is 0 Å². The van der Waals surface area contributed by atoms with Gasteiger partial charge >= 0.3 is 0 Å². The summed E-state index contributed by atoms with van der Waals surface area (Å²) in [7, 11) is -3.41. The van der Waals surface area contributed by atoms with Crippen LogP contribution in [-0.2, 0) is 19.7 Å². The maximum Gasteiger partial charge on any atom is 0.282 e. The van der Waals surface area contributed by atoms with Crippen LogP contribution in [0.1, 0.15) is 27.7 Å². The van der Waals surface area contributed by atoms with Gasteiger partial charge in [-0.2, -0.15) is 17.0 Å². The number of ether oxygens (including phenoxy) is 2. The molecule has 0 spiro atoms. The van der Waals surface area contributed by atoms with E-state index in [1.54, 1.807) is 8.61 Å². The summed E-state index contributed by atoms with van der Waals surface area (Å²) in [5.41, 5.74) is 0. The highest BCUT2D eigenvalue weighted by Crippen LogP contribution is 2.21. The lowest BCUT2D eigenvalue weighted by atomic mass is 10.1. The van der Waals surface area contributed by atoms with Crippen molar-refractivity contribution in [1.82, 2.24) is 8.61 Å². The molecule has 0 aromatic carbocycles. The van der Waals surface area contributed by atoms with Crippen molar-refractivity contribution in [3.63, 3.8) is 0 Å². The van der Waals surface area contributed by atoms with Gasteiger partial charge in [-0.1, -0.05) is 13.8 Å². The normalized spacial score (nSPS) is 34.5. The number of nitrogens with zero attached hydrogens (tertiary/aromatic N) is 2. The lowest BCUT2D eigenvalue weighted by Crippen LogP contribution is -2.56. The average Bonchev–Trinajstić information content (AvgIpc) is 2.37. The van der Waals surface area contributed by atoms with E-state index in [0.717, 1.165) is 0 Å². The van der Waals surface area contributed by atoms with E-state index < -0.39 is 10.2 Å². The highest BCUT2D eigenvalue weighted by molar-refractivity contribution is 7.86. The number of rotatable bonds is 3. The molecular formula is C13H26N2O4S. The molecule has 0 bridgehead atoms. The van der Waals surface area contributed by atoms with E-state index in [1.807, 2.05) is 13.8 Å². The van der Waals surface area contributed by atoms with Gasteiger partial charge in [-0.15, -0.1) is 0 Å². The molecule has 0 N–H and O–H groups in total. The summed E-state index contributed by atoms with van der Waals surface area (Å²) >= 11 is 0. The summed E-state index contributed by atoms with van der Waals surface area (Å²) in [6, 6.07) is 0. The Hall–Kier alpha value is -0.210. The van der Waals surface area contributed by atoms with Gasteiger partial charge in [0, 0.05) is 26.2 Å². The van der Waals surface area contributed by atoms with Crippen LogP contribution in [0.4, 0.5) is 0 Å². The Balaban J connectivity index is 2.09. The minimum absolute atomic E-state index is 0.0191. The van der Waals surface area contributed by atoms with E-state index >= 15 is 0 Å². The summed E-state index contributed by atoms with van der Waals surface area (Å²) in [6.45, 7) is 10.1. The third-order valence-corrected chi connectivity index (χ3v) is 5.77. The molecule has 2 aliphatic heterocycles. The van der Waals surface area contributed by atoms with Crippen molar-refractivity contribution < 1.29 is 17.9 Å². The molecule has 118 valence electrons. The molecule has 20 heavy (non-hydrogen) atoms. The van der Waals surface area contributed by atoms with E-state index in [0.29, 0.717) is 38.7 Å². The molecule has 3 atom stereocenters. The van der Waals surface area contributed by atoms with Crippen LogP contribution in [-0.4, -0.2) is 68.1 Å². The molecule has 0 aliphatic carbocycles. The van der Waals surface area contributed by atoms with Crippen molar-refractivity contribution in [2.75, 3.05) is 32.8 Å². The van der Waals surface area contributed by atoms with Crippen molar-refractivity contribution in [3.8, 4) is 0 Å². The molecule has 0 radical (unpaired) electrons. The Bertz CT molecular complexity index is 416. The zero-order valence-electron chi connectivity index (χ0n) is 12.8. The van der Waals surface area contributed by atoms with Crippen molar-refractivity contribution >= 4 is 10.2 Å². The van der Waals surface area contributed by atoms with Crippen LogP contribution in [0, 0.1) is 5.92 Å². The van der Waals surface area contributed by atoms with Crippen molar-refractivity contribution in [2.24, 2.45) is 5.92 Å². The molecule has 2 aliphatic rings. The second-order valence-electron chi connectivity index (χ2n) is 6.09. The van der Waals surface area contributed by atoms with Gasteiger partial charge in [0.05, 0.1) is 24.9 Å². The molecule has 2 saturated heterocycles. The fourth-order valence-corrected chi connectivity index (χ4v) is 4.51. The minimum Gasteiger partial charge on any atom is -0.375 e. The van der Waals surface area contributed by atoms with E-state index in [2.05, 4.69) is 13.8 Å². The molecule has 0 amide bonds. The summed E-state index contributed by atoms with van der Waals surface area (Å²) in [5, 5.41) is 0. The third kappa shape index (κ3) is 3.51. The molecule has 2 fully saturated rings. The predicted molar refractivity (Wildman–Crippen MR) is 76.7 cm³/mol. The minimum atomic E-state index is -3.41. The number of hydrogen-bond donors (Lipinski definition) is 0. The zero-order chi connectivity index (χ0) is 14.9. The van der Waals surface area contributed by atoms with Gasteiger partial charge in [0.2, 0.25) is 0 Å². The average molecular weight is 306 g/mol. The van der Waals surface area contributed by atoms with E-state index in [-0.39, 0.29) is 18.3 Å². The second kappa shape index (κ2) is 6.27. The number of morpholine rings is 2. The smallest absolute Gasteiger partial charge is 0.282 e. The Labute approximate surface area is 122 Å². The number of hydrogen-bond acceptors (Lipinski definition) is 4. The maximum atomic E-state index is 12.7. The van der Waals surface area contributed by atoms with Crippen LogP contribution in [0.5, 0.6) is 0 Å². The van der Waals surface area contributed by atoms with Gasteiger partial charge in [0.1, 0.15) is 0 Å². The molecule has 0 aromatic heterocycles. The maximum absolute atomic E-state index is 12.7. The quantitative estimate of drug-likeness (QED) is 0.770. The van der Waals surface area contributed by atoms with Crippen molar-refractivity contribution in [3.05, 3.63) is 0 Å². The van der Waals surface area contributed by atoms with Gasteiger partial charge in [-0.05, 0) is 19.8 Å². The molecule has 0 aromatic rings. The molecule has 0 saturated carbocycles. The second-order valence-corrected chi connectivity index (χ2v) is 8.02. The van der Waals surface area contributed by atoms with Crippen LogP contribution in [0.25, 0.3) is 0 Å². The highest BCUT2D eigenvalue weighted by Gasteiger charge is 2.38. The van der Waals surface area contributed by atoms with Crippen LogP contribution in [0.3, 0.4) is 0 Å². The Kier molecular flexibility index (Phi) is 5.07. The SMILES string of the molecule is CC(C)[C@@H]1CN(S(=O)(=O)N2C[C@@H](C)O[C@@H](C)C2)CCO1. The van der Waals surface area contributed by atoms with Gasteiger partial charge in [0.25, 0.3) is 10.2 Å². The molecule has 2 rings (SSSR count). The van der Waals surface area contributed by atoms with E-state index in [4.69, 9.17) is 9.47 Å². The first kappa shape index (κ1) is 16.2. The van der Waals surface area contributed by atoms with Crippen LogP contribution in [0.15, 0.2) is 0 Å². The van der Waals surface area contributed by atoms with Crippen LogP contribution >= 0.6 is 0 Å². The van der Waals surface area contributed by atoms with E-state index in [9.17, 15) is 8.42 Å². The fourth-order valence-electron chi connectivity index (χ4n) is 2.75. The molecule has 2 heterocycles. The lowest BCUT2D eigenvalue weighted by Gasteiger charge is -2.40. The summed E-state index contributed by atoms with van der Waals surface area (Å²) in [4.78, 5) is 0. The Morgan fingerprint density at radius 3 is 2.20 bits per heavy atom. The van der Waals surface area contributed by atoms with Crippen molar-refractivity contribution in [2.45, 2.75) is 46.0 Å². The fraction of sp³-hybridized carbons (Fsp3) is 1.00. The summed E-state index contributed by atoms with van der Waals surface area (Å²) < 4.78 is 39.8. The van der Waals surface area contributed by atoms with Gasteiger partial charge in [-0.25, -0.2) is 0 Å². The standard InChI is InChI=1S/C13H26N2O4S/c1-10(2)13-9-14(5-6-18-13)20(16,17)15-7-11(3)19-12(4)8-15/h10-13H,5-9H2,1-4H3/t11-,12+,13-/m0/s1. The summed E-state index contributed by atoms with van der Waals surface area (Å²) in [5.74, 6) is 0.315. The largest absolute Gasteiger partial charge is 0.375 e.